The van der Waals surface area contributed by atoms with Crippen LogP contribution >= 0.6 is 0 Å². The fourth-order valence-electron chi connectivity index (χ4n) is 3.08. The fraction of sp³-hybridized carbons (Fsp3) is 0.182. The molecule has 3 aromatic rings. The summed E-state index contributed by atoms with van der Waals surface area (Å²) < 4.78 is 0. The number of hydrogen-bond acceptors (Lipinski definition) is 2. The monoisotopic (exact) mass is 347 g/mol. The molecule has 0 radical (unpaired) electrons. The van der Waals surface area contributed by atoms with Gasteiger partial charge in [-0.1, -0.05) is 72.8 Å². The standard InChI is InChI=1S/C22H21NO3/c24-21(23-15-16-7-2-1-3-8-16)14-19(22(25)26)13-18-11-6-10-17-9-4-5-12-20(17)18/h1-12,19H,13-15H2,(H,23,24)(H,25,26). The number of hydrogen-bond donors (Lipinski definition) is 2. The minimum Gasteiger partial charge on any atom is -0.481 e. The third kappa shape index (κ3) is 4.48. The van der Waals surface area contributed by atoms with Crippen LogP contribution in [0.5, 0.6) is 0 Å². The van der Waals surface area contributed by atoms with E-state index in [-0.39, 0.29) is 12.3 Å². The van der Waals surface area contributed by atoms with E-state index in [0.717, 1.165) is 21.9 Å². The second-order valence-electron chi connectivity index (χ2n) is 6.34. The Morgan fingerprint density at radius 3 is 2.35 bits per heavy atom. The number of aliphatic carboxylic acids is 1. The van der Waals surface area contributed by atoms with Crippen LogP contribution in [0.2, 0.25) is 0 Å². The molecular weight excluding hydrogens is 326 g/mol. The Bertz CT molecular complexity index is 900. The van der Waals surface area contributed by atoms with Crippen molar-refractivity contribution in [3.63, 3.8) is 0 Å². The highest BCUT2D eigenvalue weighted by Gasteiger charge is 2.22. The molecule has 26 heavy (non-hydrogen) atoms. The molecule has 4 nitrogen and oxygen atoms in total. The lowest BCUT2D eigenvalue weighted by Crippen LogP contribution is -2.29. The zero-order valence-electron chi connectivity index (χ0n) is 14.4. The van der Waals surface area contributed by atoms with Gasteiger partial charge in [-0.3, -0.25) is 9.59 Å². The van der Waals surface area contributed by atoms with Gasteiger partial charge in [0.15, 0.2) is 0 Å². The molecule has 0 heterocycles. The van der Waals surface area contributed by atoms with Gasteiger partial charge in [0.1, 0.15) is 0 Å². The molecule has 0 saturated heterocycles. The molecule has 3 rings (SSSR count). The van der Waals surface area contributed by atoms with Gasteiger partial charge < -0.3 is 10.4 Å². The SMILES string of the molecule is O=C(CC(Cc1cccc2ccccc12)C(=O)O)NCc1ccccc1. The maximum absolute atomic E-state index is 12.2. The molecule has 0 aliphatic rings. The molecule has 2 N–H and O–H groups in total. The van der Waals surface area contributed by atoms with E-state index < -0.39 is 11.9 Å². The third-order valence-electron chi connectivity index (χ3n) is 4.46. The van der Waals surface area contributed by atoms with Gasteiger partial charge in [-0.05, 0) is 28.3 Å². The first-order valence-corrected chi connectivity index (χ1v) is 8.63. The third-order valence-corrected chi connectivity index (χ3v) is 4.46. The molecule has 0 aliphatic heterocycles. The summed E-state index contributed by atoms with van der Waals surface area (Å²) in [5.74, 6) is -1.95. The van der Waals surface area contributed by atoms with Gasteiger partial charge in [-0.25, -0.2) is 0 Å². The average molecular weight is 347 g/mol. The van der Waals surface area contributed by atoms with Crippen LogP contribution < -0.4 is 5.32 Å². The molecule has 0 aliphatic carbocycles. The Balaban J connectivity index is 1.67. The topological polar surface area (TPSA) is 66.4 Å². The van der Waals surface area contributed by atoms with Gasteiger partial charge in [-0.2, -0.15) is 0 Å². The molecule has 0 saturated carbocycles. The normalized spacial score (nSPS) is 11.8. The first-order valence-electron chi connectivity index (χ1n) is 8.63. The van der Waals surface area contributed by atoms with Crippen molar-refractivity contribution in [2.24, 2.45) is 5.92 Å². The van der Waals surface area contributed by atoms with Gasteiger partial charge in [0.05, 0.1) is 5.92 Å². The van der Waals surface area contributed by atoms with Crippen molar-refractivity contribution in [2.75, 3.05) is 0 Å². The molecule has 0 bridgehead atoms. The van der Waals surface area contributed by atoms with E-state index in [1.807, 2.05) is 72.8 Å². The second-order valence-corrected chi connectivity index (χ2v) is 6.34. The lowest BCUT2D eigenvalue weighted by Gasteiger charge is -2.14. The van der Waals surface area contributed by atoms with E-state index in [1.165, 1.54) is 0 Å². The van der Waals surface area contributed by atoms with Gasteiger partial charge in [0, 0.05) is 13.0 Å². The Morgan fingerprint density at radius 1 is 0.885 bits per heavy atom. The van der Waals surface area contributed by atoms with E-state index in [2.05, 4.69) is 5.32 Å². The number of carbonyl (C=O) groups is 2. The van der Waals surface area contributed by atoms with Crippen LogP contribution in [-0.2, 0) is 22.6 Å². The minimum absolute atomic E-state index is 0.0363. The molecule has 0 fully saturated rings. The van der Waals surface area contributed by atoms with Crippen LogP contribution in [0.3, 0.4) is 0 Å². The molecule has 4 heteroatoms. The van der Waals surface area contributed by atoms with E-state index in [4.69, 9.17) is 0 Å². The number of fused-ring (bicyclic) bond motifs is 1. The molecule has 3 aromatic carbocycles. The molecular formula is C22H21NO3. The first-order chi connectivity index (χ1) is 12.6. The van der Waals surface area contributed by atoms with E-state index >= 15 is 0 Å². The molecule has 1 atom stereocenters. The van der Waals surface area contributed by atoms with Crippen LogP contribution in [0.1, 0.15) is 17.5 Å². The summed E-state index contributed by atoms with van der Waals surface area (Å²) in [6.45, 7) is 0.403. The summed E-state index contributed by atoms with van der Waals surface area (Å²) in [7, 11) is 0. The highest BCUT2D eigenvalue weighted by Crippen LogP contribution is 2.22. The predicted molar refractivity (Wildman–Crippen MR) is 102 cm³/mol. The molecule has 132 valence electrons. The molecule has 0 aromatic heterocycles. The van der Waals surface area contributed by atoms with Gasteiger partial charge in [0.25, 0.3) is 0 Å². The van der Waals surface area contributed by atoms with E-state index in [9.17, 15) is 14.7 Å². The number of benzene rings is 3. The van der Waals surface area contributed by atoms with E-state index in [0.29, 0.717) is 13.0 Å². The number of amides is 1. The average Bonchev–Trinajstić information content (AvgIpc) is 2.67. The smallest absolute Gasteiger partial charge is 0.307 e. The summed E-state index contributed by atoms with van der Waals surface area (Å²) >= 11 is 0. The van der Waals surface area contributed by atoms with Gasteiger partial charge >= 0.3 is 5.97 Å². The summed E-state index contributed by atoms with van der Waals surface area (Å²) in [5.41, 5.74) is 1.94. The van der Waals surface area contributed by atoms with Crippen molar-refractivity contribution in [1.82, 2.24) is 5.32 Å². The Kier molecular flexibility index (Phi) is 5.64. The quantitative estimate of drug-likeness (QED) is 0.683. The highest BCUT2D eigenvalue weighted by atomic mass is 16.4. The van der Waals surface area contributed by atoms with Crippen molar-refractivity contribution in [1.29, 1.82) is 0 Å². The van der Waals surface area contributed by atoms with Crippen molar-refractivity contribution < 1.29 is 14.7 Å². The predicted octanol–water partition coefficient (Wildman–Crippen LogP) is 3.79. The molecule has 1 amide bonds. The van der Waals surface area contributed by atoms with Crippen molar-refractivity contribution in [3.05, 3.63) is 83.9 Å². The number of rotatable bonds is 7. The van der Waals surface area contributed by atoms with Gasteiger partial charge in [-0.15, -0.1) is 0 Å². The summed E-state index contributed by atoms with van der Waals surface area (Å²) in [6, 6.07) is 23.3. The summed E-state index contributed by atoms with van der Waals surface area (Å²) in [4.78, 5) is 23.9. The highest BCUT2D eigenvalue weighted by molar-refractivity contribution is 5.87. The lowest BCUT2D eigenvalue weighted by molar-refractivity contribution is -0.144. The Hall–Kier alpha value is -3.14. The number of nitrogens with one attached hydrogen (secondary N) is 1. The van der Waals surface area contributed by atoms with Crippen LogP contribution in [0.15, 0.2) is 72.8 Å². The molecule has 1 unspecified atom stereocenters. The van der Waals surface area contributed by atoms with Gasteiger partial charge in [0.2, 0.25) is 5.91 Å². The zero-order chi connectivity index (χ0) is 18.4. The first kappa shape index (κ1) is 17.7. The minimum atomic E-state index is -0.951. The van der Waals surface area contributed by atoms with Crippen LogP contribution in [0, 0.1) is 5.92 Å². The lowest BCUT2D eigenvalue weighted by atomic mass is 9.92. The molecule has 0 spiro atoms. The number of carboxylic acids is 1. The van der Waals surface area contributed by atoms with Crippen LogP contribution in [-0.4, -0.2) is 17.0 Å². The van der Waals surface area contributed by atoms with Crippen molar-refractivity contribution >= 4 is 22.6 Å². The van der Waals surface area contributed by atoms with Crippen LogP contribution in [0.4, 0.5) is 0 Å². The second kappa shape index (κ2) is 8.30. The Morgan fingerprint density at radius 2 is 1.58 bits per heavy atom. The Labute approximate surface area is 152 Å². The number of carboxylic acid groups (broad SMARTS) is 1. The van der Waals surface area contributed by atoms with Crippen LogP contribution in [0.25, 0.3) is 10.8 Å². The maximum atomic E-state index is 12.2. The maximum Gasteiger partial charge on any atom is 0.307 e. The zero-order valence-corrected chi connectivity index (χ0v) is 14.4. The fourth-order valence-corrected chi connectivity index (χ4v) is 3.08. The van der Waals surface area contributed by atoms with E-state index in [1.54, 1.807) is 0 Å². The number of carbonyl (C=O) groups excluding carboxylic acids is 1. The van der Waals surface area contributed by atoms with Crippen molar-refractivity contribution in [2.45, 2.75) is 19.4 Å². The summed E-state index contributed by atoms with van der Waals surface area (Å²) in [5, 5.41) is 14.5. The van der Waals surface area contributed by atoms with Crippen molar-refractivity contribution in [3.8, 4) is 0 Å². The largest absolute Gasteiger partial charge is 0.481 e. The summed E-state index contributed by atoms with van der Waals surface area (Å²) in [6.07, 6.45) is 0.292.